The lowest BCUT2D eigenvalue weighted by Crippen LogP contribution is -2.34. The number of benzene rings is 1. The van der Waals surface area contributed by atoms with Crippen LogP contribution >= 0.6 is 11.6 Å². The van der Waals surface area contributed by atoms with E-state index >= 15 is 0 Å². The van der Waals surface area contributed by atoms with E-state index in [4.69, 9.17) is 11.6 Å². The fourth-order valence-electron chi connectivity index (χ4n) is 2.45. The molecule has 1 saturated carbocycles. The predicted octanol–water partition coefficient (Wildman–Crippen LogP) is 3.08. The van der Waals surface area contributed by atoms with E-state index in [0.29, 0.717) is 11.6 Å². The highest BCUT2D eigenvalue weighted by atomic mass is 35.5. The smallest absolute Gasteiger partial charge is 0.230 e. The van der Waals surface area contributed by atoms with Crippen LogP contribution in [-0.2, 0) is 16.8 Å². The molecule has 1 aliphatic rings. The Balaban J connectivity index is 1.73. The molecule has 1 fully saturated rings. The molecule has 3 nitrogen and oxygen atoms in total. The van der Waals surface area contributed by atoms with Crippen molar-refractivity contribution in [3.8, 4) is 0 Å². The van der Waals surface area contributed by atoms with Gasteiger partial charge in [-0.25, -0.2) is 0 Å². The molecule has 0 aliphatic heterocycles. The summed E-state index contributed by atoms with van der Waals surface area (Å²) < 4.78 is 0. The second-order valence-electron chi connectivity index (χ2n) is 5.11. The van der Waals surface area contributed by atoms with Gasteiger partial charge in [-0.1, -0.05) is 35.9 Å². The lowest BCUT2D eigenvalue weighted by molar-refractivity contribution is -0.123. The minimum atomic E-state index is -0.430. The maximum atomic E-state index is 12.5. The number of nitrogens with one attached hydrogen (secondary N) is 1. The first-order valence-electron chi connectivity index (χ1n) is 6.65. The molecule has 102 valence electrons. The number of hydrogen-bond acceptors (Lipinski definition) is 2. The molecule has 0 spiro atoms. The van der Waals surface area contributed by atoms with E-state index in [0.717, 1.165) is 24.0 Å². The van der Waals surface area contributed by atoms with Gasteiger partial charge in [-0.3, -0.25) is 9.78 Å². The molecule has 1 aliphatic carbocycles. The van der Waals surface area contributed by atoms with Crippen LogP contribution < -0.4 is 5.32 Å². The van der Waals surface area contributed by atoms with Gasteiger partial charge < -0.3 is 5.32 Å². The van der Waals surface area contributed by atoms with E-state index in [9.17, 15) is 4.79 Å². The zero-order chi connectivity index (χ0) is 14.0. The standard InChI is InChI=1S/C16H15ClN2O/c17-14-6-2-1-5-13(14)16(7-8-16)15(20)19-11-12-4-3-9-18-10-12/h1-6,9-10H,7-8,11H2,(H,19,20). The summed E-state index contributed by atoms with van der Waals surface area (Å²) in [5.74, 6) is 0.0504. The van der Waals surface area contributed by atoms with Crippen molar-refractivity contribution in [2.75, 3.05) is 0 Å². The molecule has 0 bridgehead atoms. The van der Waals surface area contributed by atoms with Crippen LogP contribution in [-0.4, -0.2) is 10.9 Å². The number of pyridine rings is 1. The first kappa shape index (κ1) is 13.1. The third-order valence-electron chi connectivity index (χ3n) is 3.75. The summed E-state index contributed by atoms with van der Waals surface area (Å²) in [6.45, 7) is 0.499. The van der Waals surface area contributed by atoms with E-state index < -0.39 is 5.41 Å². The fraction of sp³-hybridized carbons (Fsp3) is 0.250. The van der Waals surface area contributed by atoms with Gasteiger partial charge in [0, 0.05) is 24.0 Å². The van der Waals surface area contributed by atoms with Crippen molar-refractivity contribution < 1.29 is 4.79 Å². The van der Waals surface area contributed by atoms with Crippen LogP contribution in [0.1, 0.15) is 24.0 Å². The van der Waals surface area contributed by atoms with Gasteiger partial charge in [0.2, 0.25) is 5.91 Å². The molecule has 3 rings (SSSR count). The number of rotatable bonds is 4. The number of amides is 1. The Bertz CT molecular complexity index is 623. The Hall–Kier alpha value is -1.87. The summed E-state index contributed by atoms with van der Waals surface area (Å²) in [6, 6.07) is 11.4. The highest BCUT2D eigenvalue weighted by Gasteiger charge is 2.52. The van der Waals surface area contributed by atoms with Crippen LogP contribution in [0.3, 0.4) is 0 Å². The Morgan fingerprint density at radius 2 is 2.05 bits per heavy atom. The SMILES string of the molecule is O=C(NCc1cccnc1)C1(c2ccccc2Cl)CC1. The van der Waals surface area contributed by atoms with Gasteiger partial charge in [0.25, 0.3) is 0 Å². The number of halogens is 1. The second-order valence-corrected chi connectivity index (χ2v) is 5.51. The minimum Gasteiger partial charge on any atom is -0.351 e. The molecule has 20 heavy (non-hydrogen) atoms. The normalized spacial score (nSPS) is 15.7. The maximum absolute atomic E-state index is 12.5. The quantitative estimate of drug-likeness (QED) is 0.938. The van der Waals surface area contributed by atoms with Crippen molar-refractivity contribution >= 4 is 17.5 Å². The minimum absolute atomic E-state index is 0.0504. The molecule has 0 unspecified atom stereocenters. The van der Waals surface area contributed by atoms with Gasteiger partial charge >= 0.3 is 0 Å². The van der Waals surface area contributed by atoms with Crippen LogP contribution in [0.4, 0.5) is 0 Å². The third-order valence-corrected chi connectivity index (χ3v) is 4.08. The molecule has 0 atom stereocenters. The number of aromatic nitrogens is 1. The molecule has 0 saturated heterocycles. The van der Waals surface area contributed by atoms with Crippen molar-refractivity contribution in [2.24, 2.45) is 0 Å². The summed E-state index contributed by atoms with van der Waals surface area (Å²) in [7, 11) is 0. The van der Waals surface area contributed by atoms with Crippen molar-refractivity contribution in [3.63, 3.8) is 0 Å². The van der Waals surface area contributed by atoms with Crippen molar-refractivity contribution in [2.45, 2.75) is 24.8 Å². The summed E-state index contributed by atoms with van der Waals surface area (Å²) in [4.78, 5) is 16.5. The van der Waals surface area contributed by atoms with Crippen molar-refractivity contribution in [1.82, 2.24) is 10.3 Å². The number of nitrogens with zero attached hydrogens (tertiary/aromatic N) is 1. The predicted molar refractivity (Wildman–Crippen MR) is 78.4 cm³/mol. The first-order valence-corrected chi connectivity index (χ1v) is 7.02. The highest BCUT2D eigenvalue weighted by Crippen LogP contribution is 2.50. The lowest BCUT2D eigenvalue weighted by Gasteiger charge is -2.17. The van der Waals surface area contributed by atoms with Crippen LogP contribution in [0.5, 0.6) is 0 Å². The summed E-state index contributed by atoms with van der Waals surface area (Å²) >= 11 is 6.22. The lowest BCUT2D eigenvalue weighted by atomic mass is 9.95. The van der Waals surface area contributed by atoms with E-state index in [-0.39, 0.29) is 5.91 Å². The zero-order valence-corrected chi connectivity index (χ0v) is 11.7. The van der Waals surface area contributed by atoms with Gasteiger partial charge in [-0.2, -0.15) is 0 Å². The largest absolute Gasteiger partial charge is 0.351 e. The fourth-order valence-corrected chi connectivity index (χ4v) is 2.76. The molecule has 1 heterocycles. The molecule has 1 aromatic carbocycles. The zero-order valence-electron chi connectivity index (χ0n) is 11.0. The van der Waals surface area contributed by atoms with Gasteiger partial charge in [0.1, 0.15) is 0 Å². The Kier molecular flexibility index (Phi) is 3.45. The molecular formula is C16H15ClN2O. The first-order chi connectivity index (χ1) is 9.72. The molecule has 0 radical (unpaired) electrons. The highest BCUT2D eigenvalue weighted by molar-refractivity contribution is 6.31. The summed E-state index contributed by atoms with van der Waals surface area (Å²) in [5.41, 5.74) is 1.50. The van der Waals surface area contributed by atoms with E-state index in [1.54, 1.807) is 12.4 Å². The topological polar surface area (TPSA) is 42.0 Å². The van der Waals surface area contributed by atoms with E-state index in [1.807, 2.05) is 36.4 Å². The number of carbonyl (C=O) groups excluding carboxylic acids is 1. The average molecular weight is 287 g/mol. The molecule has 1 amide bonds. The van der Waals surface area contributed by atoms with Crippen LogP contribution in [0.2, 0.25) is 5.02 Å². The Labute approximate surface area is 123 Å². The van der Waals surface area contributed by atoms with Crippen molar-refractivity contribution in [3.05, 3.63) is 64.9 Å². The molecule has 1 N–H and O–H groups in total. The van der Waals surface area contributed by atoms with E-state index in [1.165, 1.54) is 0 Å². The second kappa shape index (κ2) is 5.25. The number of carbonyl (C=O) groups is 1. The number of hydrogen-bond donors (Lipinski definition) is 1. The monoisotopic (exact) mass is 286 g/mol. The van der Waals surface area contributed by atoms with Crippen LogP contribution in [0.15, 0.2) is 48.8 Å². The summed E-state index contributed by atoms with van der Waals surface area (Å²) in [5, 5.41) is 3.66. The molecule has 2 aromatic rings. The molecule has 1 aromatic heterocycles. The molecular weight excluding hydrogens is 272 g/mol. The van der Waals surface area contributed by atoms with Crippen molar-refractivity contribution in [1.29, 1.82) is 0 Å². The molecule has 4 heteroatoms. The van der Waals surface area contributed by atoms with Gasteiger partial charge in [-0.15, -0.1) is 0 Å². The van der Waals surface area contributed by atoms with Crippen LogP contribution in [0, 0.1) is 0 Å². The summed E-state index contributed by atoms with van der Waals surface area (Å²) in [6.07, 6.45) is 5.19. The van der Waals surface area contributed by atoms with Gasteiger partial charge in [0.15, 0.2) is 0 Å². The third kappa shape index (κ3) is 2.41. The average Bonchev–Trinajstić information content (AvgIpc) is 3.28. The Morgan fingerprint density at radius 3 is 2.70 bits per heavy atom. The van der Waals surface area contributed by atoms with Gasteiger partial charge in [-0.05, 0) is 36.1 Å². The maximum Gasteiger partial charge on any atom is 0.230 e. The van der Waals surface area contributed by atoms with Gasteiger partial charge in [0.05, 0.1) is 5.41 Å². The Morgan fingerprint density at radius 1 is 1.25 bits per heavy atom. The van der Waals surface area contributed by atoms with Crippen LogP contribution in [0.25, 0.3) is 0 Å². The van der Waals surface area contributed by atoms with E-state index in [2.05, 4.69) is 10.3 Å².